The van der Waals surface area contributed by atoms with Crippen LogP contribution >= 0.6 is 7.82 Å². The average molecular weight is 1220 g/mol. The molecule has 0 aromatic rings. The van der Waals surface area contributed by atoms with Gasteiger partial charge in [-0.3, -0.25) is 14.2 Å². The summed E-state index contributed by atoms with van der Waals surface area (Å²) in [6.07, 6.45) is 85.4. The van der Waals surface area contributed by atoms with Gasteiger partial charge in [0.15, 0.2) is 6.10 Å². The van der Waals surface area contributed by atoms with E-state index in [9.17, 15) is 19.0 Å². The molecule has 0 aliphatic carbocycles. The molecule has 0 radical (unpaired) electrons. The monoisotopic (exact) mass is 1220 g/mol. The molecule has 0 rings (SSSR count). The Balaban J connectivity index is 3.94. The fourth-order valence-electron chi connectivity index (χ4n) is 11.2. The summed E-state index contributed by atoms with van der Waals surface area (Å²) in [6.45, 7) is 4.29. The summed E-state index contributed by atoms with van der Waals surface area (Å²) < 4.78 is 34.3. The first kappa shape index (κ1) is 83.2. The number of unbranched alkanes of at least 4 members (excludes halogenated alkanes) is 50. The predicted molar refractivity (Wildman–Crippen MR) is 365 cm³/mol. The number of phosphoric acid groups is 1. The van der Waals surface area contributed by atoms with Crippen molar-refractivity contribution in [3.63, 3.8) is 0 Å². The normalized spacial score (nSPS) is 13.2. The van der Waals surface area contributed by atoms with E-state index in [1.807, 2.05) is 21.1 Å². The number of rotatable bonds is 70. The van der Waals surface area contributed by atoms with Crippen LogP contribution in [0.3, 0.4) is 0 Å². The summed E-state index contributed by atoms with van der Waals surface area (Å²) in [7, 11) is 1.18. The minimum Gasteiger partial charge on any atom is -0.756 e. The molecule has 0 N–H and O–H groups in total. The smallest absolute Gasteiger partial charge is 0.306 e. The van der Waals surface area contributed by atoms with Crippen LogP contribution in [0.5, 0.6) is 0 Å². The molecular formula is C75H144NO8P. The van der Waals surface area contributed by atoms with Crippen LogP contribution in [0.2, 0.25) is 0 Å². The van der Waals surface area contributed by atoms with E-state index in [1.165, 1.54) is 289 Å². The van der Waals surface area contributed by atoms with Crippen LogP contribution in [0.4, 0.5) is 0 Å². The zero-order chi connectivity index (χ0) is 61.9. The van der Waals surface area contributed by atoms with Crippen molar-refractivity contribution in [3.05, 3.63) is 36.5 Å². The predicted octanol–water partition coefficient (Wildman–Crippen LogP) is 23.6. The molecule has 0 fully saturated rings. The van der Waals surface area contributed by atoms with Gasteiger partial charge in [0.25, 0.3) is 7.82 Å². The van der Waals surface area contributed by atoms with Gasteiger partial charge in [-0.1, -0.05) is 352 Å². The molecule has 0 aromatic carbocycles. The van der Waals surface area contributed by atoms with E-state index in [4.69, 9.17) is 18.5 Å². The second-order valence-corrected chi connectivity index (χ2v) is 28.1. The number of likely N-dealkylation sites (N-methyl/N-ethyl adjacent to an activating group) is 1. The molecule has 0 spiro atoms. The highest BCUT2D eigenvalue weighted by Gasteiger charge is 2.22. The van der Waals surface area contributed by atoms with Gasteiger partial charge in [-0.05, 0) is 51.4 Å². The van der Waals surface area contributed by atoms with Crippen LogP contribution in [0.1, 0.15) is 380 Å². The minimum atomic E-state index is -4.64. The van der Waals surface area contributed by atoms with Crippen LogP contribution in [-0.4, -0.2) is 70.0 Å². The van der Waals surface area contributed by atoms with Gasteiger partial charge in [0.2, 0.25) is 0 Å². The zero-order valence-electron chi connectivity index (χ0n) is 57.3. The van der Waals surface area contributed by atoms with Gasteiger partial charge >= 0.3 is 11.9 Å². The summed E-state index contributed by atoms with van der Waals surface area (Å²) in [4.78, 5) is 38.1. The number of phosphoric ester groups is 1. The number of carbonyl (C=O) groups is 2. The van der Waals surface area contributed by atoms with Crippen molar-refractivity contribution in [3.8, 4) is 0 Å². The van der Waals surface area contributed by atoms with Gasteiger partial charge in [0, 0.05) is 12.8 Å². The fraction of sp³-hybridized carbons (Fsp3) is 0.893. The van der Waals surface area contributed by atoms with Gasteiger partial charge in [-0.25, -0.2) is 0 Å². The summed E-state index contributed by atoms with van der Waals surface area (Å²) in [6, 6.07) is 0. The quantitative estimate of drug-likeness (QED) is 0.0195. The third-order valence-corrected chi connectivity index (χ3v) is 17.9. The summed E-state index contributed by atoms with van der Waals surface area (Å²) in [5, 5.41) is 0. The maximum atomic E-state index is 12.9. The maximum Gasteiger partial charge on any atom is 0.306 e. The first-order chi connectivity index (χ1) is 41.5. The SMILES string of the molecule is CCCCCCC/C=C\C/C=C\C/C=C\CCCCCCCCCCCCC(=O)OC(COC(=O)CCCCCCCCCCCCCCCCCCCCCCCCCCCCCCCCCCCCCC)COP(=O)([O-])OCC[N+](C)(C)C. The first-order valence-electron chi connectivity index (χ1n) is 37.2. The molecule has 2 unspecified atom stereocenters. The van der Waals surface area contributed by atoms with E-state index < -0.39 is 26.5 Å². The molecule has 10 heteroatoms. The highest BCUT2D eigenvalue weighted by atomic mass is 31.2. The third kappa shape index (κ3) is 71.2. The van der Waals surface area contributed by atoms with Gasteiger partial charge in [-0.15, -0.1) is 0 Å². The first-order valence-corrected chi connectivity index (χ1v) is 38.7. The van der Waals surface area contributed by atoms with Crippen molar-refractivity contribution in [2.75, 3.05) is 47.5 Å². The molecule has 0 aliphatic heterocycles. The fourth-order valence-corrected chi connectivity index (χ4v) is 11.9. The minimum absolute atomic E-state index is 0.0299. The van der Waals surface area contributed by atoms with E-state index in [0.29, 0.717) is 17.4 Å². The van der Waals surface area contributed by atoms with Crippen molar-refractivity contribution in [2.45, 2.75) is 386 Å². The van der Waals surface area contributed by atoms with Crippen molar-refractivity contribution >= 4 is 19.8 Å². The molecule has 0 saturated carbocycles. The molecule has 9 nitrogen and oxygen atoms in total. The van der Waals surface area contributed by atoms with Crippen LogP contribution in [0.15, 0.2) is 36.5 Å². The Labute approximate surface area is 529 Å². The van der Waals surface area contributed by atoms with Gasteiger partial charge in [-0.2, -0.15) is 0 Å². The molecule has 502 valence electrons. The molecule has 2 atom stereocenters. The number of esters is 2. The molecule has 0 bridgehead atoms. The van der Waals surface area contributed by atoms with Crippen molar-refractivity contribution in [2.24, 2.45) is 0 Å². The standard InChI is InChI=1S/C75H144NO8P/c1-6-8-10-12-14-16-18-20-22-24-26-28-30-32-33-34-35-36-37-38-39-40-41-42-44-45-47-49-51-53-55-57-59-61-63-65-67-74(77)81-71-73(72-83-85(79,80)82-70-69-76(3,4)5)84-75(78)68-66-64-62-60-58-56-54-52-50-48-46-43-31-29-27-25-23-21-19-17-15-13-11-9-7-2/h19,21,25,27,31,43,73H,6-18,20,22-24,26,28-30,32-42,44-72H2,1-5H3/b21-19-,27-25-,43-31-. The number of ether oxygens (including phenoxy) is 2. The van der Waals surface area contributed by atoms with Gasteiger partial charge < -0.3 is 27.9 Å². The van der Waals surface area contributed by atoms with Crippen molar-refractivity contribution in [1.82, 2.24) is 0 Å². The average Bonchev–Trinajstić information content (AvgIpc) is 3.54. The zero-order valence-corrected chi connectivity index (χ0v) is 58.2. The second-order valence-electron chi connectivity index (χ2n) is 26.7. The molecule has 0 saturated heterocycles. The number of carbonyl (C=O) groups excluding carboxylic acids is 2. The third-order valence-electron chi connectivity index (χ3n) is 16.9. The lowest BCUT2D eigenvalue weighted by Gasteiger charge is -2.28. The second kappa shape index (κ2) is 66.6. The number of hydrogen-bond acceptors (Lipinski definition) is 8. The van der Waals surface area contributed by atoms with Crippen LogP contribution in [0.25, 0.3) is 0 Å². The topological polar surface area (TPSA) is 111 Å². The van der Waals surface area contributed by atoms with E-state index in [0.717, 1.165) is 57.8 Å². The van der Waals surface area contributed by atoms with Crippen molar-refractivity contribution < 1.29 is 42.1 Å². The van der Waals surface area contributed by atoms with Gasteiger partial charge in [0.1, 0.15) is 19.8 Å². The Morgan fingerprint density at radius 2 is 0.635 bits per heavy atom. The Morgan fingerprint density at radius 3 is 0.941 bits per heavy atom. The van der Waals surface area contributed by atoms with Crippen LogP contribution in [-0.2, 0) is 32.7 Å². The lowest BCUT2D eigenvalue weighted by molar-refractivity contribution is -0.870. The Kier molecular flexibility index (Phi) is 65.3. The number of quaternary nitrogens is 1. The summed E-state index contributed by atoms with van der Waals surface area (Å²) >= 11 is 0. The van der Waals surface area contributed by atoms with Gasteiger partial charge in [0.05, 0.1) is 27.7 Å². The van der Waals surface area contributed by atoms with E-state index in [1.54, 1.807) is 0 Å². The van der Waals surface area contributed by atoms with E-state index in [-0.39, 0.29) is 32.0 Å². The molecule has 85 heavy (non-hydrogen) atoms. The van der Waals surface area contributed by atoms with E-state index in [2.05, 4.69) is 50.3 Å². The lowest BCUT2D eigenvalue weighted by atomic mass is 10.0. The van der Waals surface area contributed by atoms with E-state index >= 15 is 0 Å². The van der Waals surface area contributed by atoms with Crippen LogP contribution < -0.4 is 4.89 Å². The molecule has 0 amide bonds. The van der Waals surface area contributed by atoms with Crippen molar-refractivity contribution in [1.29, 1.82) is 0 Å². The molecular weight excluding hydrogens is 1070 g/mol. The molecule has 0 aromatic heterocycles. The highest BCUT2D eigenvalue weighted by molar-refractivity contribution is 7.45. The highest BCUT2D eigenvalue weighted by Crippen LogP contribution is 2.38. The molecule has 0 heterocycles. The number of hydrogen-bond donors (Lipinski definition) is 0. The maximum absolute atomic E-state index is 12.9. The largest absolute Gasteiger partial charge is 0.756 e. The lowest BCUT2D eigenvalue weighted by Crippen LogP contribution is -2.37. The Bertz CT molecular complexity index is 1530. The number of allylic oxidation sites excluding steroid dienone is 6. The summed E-state index contributed by atoms with van der Waals surface area (Å²) in [5.41, 5.74) is 0. The van der Waals surface area contributed by atoms with Crippen LogP contribution in [0, 0.1) is 0 Å². The number of nitrogens with zero attached hydrogens (tertiary/aromatic N) is 1. The summed E-state index contributed by atoms with van der Waals surface area (Å²) in [5.74, 6) is -0.818. The molecule has 0 aliphatic rings. The Hall–Kier alpha value is -1.77. The Morgan fingerprint density at radius 1 is 0.365 bits per heavy atom.